The van der Waals surface area contributed by atoms with Crippen LogP contribution in [0.15, 0.2) is 24.3 Å². The summed E-state index contributed by atoms with van der Waals surface area (Å²) in [5.74, 6) is 0.172. The summed E-state index contributed by atoms with van der Waals surface area (Å²) in [6, 6.07) is 7.54. The van der Waals surface area contributed by atoms with Crippen LogP contribution in [0.4, 0.5) is 5.69 Å². The van der Waals surface area contributed by atoms with Gasteiger partial charge < -0.3 is 5.73 Å². The molecule has 102 valence electrons. The molecule has 0 bridgehead atoms. The van der Waals surface area contributed by atoms with E-state index in [1.54, 1.807) is 0 Å². The van der Waals surface area contributed by atoms with E-state index < -0.39 is 10.0 Å². The number of anilines is 1. The monoisotopic (exact) mass is 270 g/mol. The third-order valence-electron chi connectivity index (χ3n) is 2.69. The lowest BCUT2D eigenvalue weighted by Crippen LogP contribution is -2.34. The second-order valence-corrected chi connectivity index (χ2v) is 6.38. The minimum Gasteiger partial charge on any atom is -0.330 e. The van der Waals surface area contributed by atoms with Gasteiger partial charge in [-0.1, -0.05) is 24.6 Å². The van der Waals surface area contributed by atoms with E-state index in [1.165, 1.54) is 4.31 Å². The molecule has 0 aromatic heterocycles. The van der Waals surface area contributed by atoms with Crippen molar-refractivity contribution in [3.63, 3.8) is 0 Å². The lowest BCUT2D eigenvalue weighted by Gasteiger charge is -2.24. The molecule has 1 aromatic rings. The van der Waals surface area contributed by atoms with Crippen molar-refractivity contribution in [2.75, 3.05) is 23.1 Å². The van der Waals surface area contributed by atoms with Crippen LogP contribution >= 0.6 is 0 Å². The Morgan fingerprint density at radius 1 is 1.22 bits per heavy atom. The van der Waals surface area contributed by atoms with Gasteiger partial charge in [0.15, 0.2) is 0 Å². The molecule has 4 nitrogen and oxygen atoms in total. The smallest absolute Gasteiger partial charge is 0.235 e. The maximum Gasteiger partial charge on any atom is 0.235 e. The lowest BCUT2D eigenvalue weighted by molar-refractivity contribution is 0.588. The van der Waals surface area contributed by atoms with Gasteiger partial charge in [-0.2, -0.15) is 0 Å². The Bertz CT molecular complexity index is 454. The highest BCUT2D eigenvalue weighted by Gasteiger charge is 2.20. The predicted molar refractivity (Wildman–Crippen MR) is 76.3 cm³/mol. The fourth-order valence-electron chi connectivity index (χ4n) is 1.74. The molecular formula is C13H22N2O2S. The van der Waals surface area contributed by atoms with Crippen molar-refractivity contribution in [1.82, 2.24) is 0 Å². The van der Waals surface area contributed by atoms with Crippen molar-refractivity contribution in [1.29, 1.82) is 0 Å². The highest BCUT2D eigenvalue weighted by molar-refractivity contribution is 7.92. The van der Waals surface area contributed by atoms with Gasteiger partial charge in [-0.05, 0) is 38.4 Å². The van der Waals surface area contributed by atoms with E-state index in [4.69, 9.17) is 5.73 Å². The number of sulfonamides is 1. The van der Waals surface area contributed by atoms with Crippen LogP contribution in [0.2, 0.25) is 0 Å². The van der Waals surface area contributed by atoms with Crippen LogP contribution in [-0.4, -0.2) is 27.3 Å². The average molecular weight is 270 g/mol. The summed E-state index contributed by atoms with van der Waals surface area (Å²) in [5, 5.41) is 0. The highest BCUT2D eigenvalue weighted by atomic mass is 32.2. The fraction of sp³-hybridized carbons (Fsp3) is 0.538. The summed E-state index contributed by atoms with van der Waals surface area (Å²) in [7, 11) is -3.23. The predicted octanol–water partition coefficient (Wildman–Crippen LogP) is 1.89. The molecule has 0 heterocycles. The van der Waals surface area contributed by atoms with Crippen LogP contribution in [0.1, 0.15) is 25.3 Å². The quantitative estimate of drug-likeness (QED) is 0.823. The summed E-state index contributed by atoms with van der Waals surface area (Å²) in [4.78, 5) is 0. The van der Waals surface area contributed by atoms with Crippen LogP contribution in [0, 0.1) is 6.92 Å². The van der Waals surface area contributed by atoms with E-state index in [9.17, 15) is 8.42 Å². The van der Waals surface area contributed by atoms with Crippen LogP contribution in [-0.2, 0) is 10.0 Å². The van der Waals surface area contributed by atoms with E-state index >= 15 is 0 Å². The molecule has 0 aliphatic heterocycles. The van der Waals surface area contributed by atoms with Gasteiger partial charge in [0.25, 0.3) is 0 Å². The number of aryl methyl sites for hydroxylation is 1. The zero-order valence-electron chi connectivity index (χ0n) is 11.1. The largest absolute Gasteiger partial charge is 0.330 e. The first-order valence-electron chi connectivity index (χ1n) is 6.28. The SMILES string of the molecule is CCCS(=O)(=O)N(CCCN)c1ccc(C)cc1. The van der Waals surface area contributed by atoms with E-state index in [1.807, 2.05) is 38.1 Å². The molecule has 0 unspecified atom stereocenters. The Kier molecular flexibility index (Phi) is 5.62. The molecule has 5 heteroatoms. The number of nitrogens with zero attached hydrogens (tertiary/aromatic N) is 1. The van der Waals surface area contributed by atoms with Crippen molar-refractivity contribution in [2.45, 2.75) is 26.7 Å². The molecule has 1 aromatic carbocycles. The standard InChI is InChI=1S/C13H22N2O2S/c1-3-11-18(16,17)15(10-4-9-14)13-7-5-12(2)6-8-13/h5-8H,3-4,9-11,14H2,1-2H3. The molecule has 0 fully saturated rings. The van der Waals surface area contributed by atoms with E-state index in [-0.39, 0.29) is 5.75 Å². The second-order valence-electron chi connectivity index (χ2n) is 4.37. The molecule has 0 aliphatic rings. The Labute approximate surface area is 110 Å². The molecule has 0 aliphatic carbocycles. The van der Waals surface area contributed by atoms with Crippen LogP contribution < -0.4 is 10.0 Å². The van der Waals surface area contributed by atoms with Gasteiger partial charge in [0.05, 0.1) is 11.4 Å². The Balaban J connectivity index is 3.01. The fourth-order valence-corrected chi connectivity index (χ4v) is 3.33. The van der Waals surface area contributed by atoms with Gasteiger partial charge in [0.2, 0.25) is 10.0 Å². The van der Waals surface area contributed by atoms with E-state index in [0.717, 1.165) is 11.3 Å². The summed E-state index contributed by atoms with van der Waals surface area (Å²) in [5.41, 5.74) is 7.32. The third-order valence-corrected chi connectivity index (χ3v) is 4.67. The first-order chi connectivity index (χ1) is 8.51. The third kappa shape index (κ3) is 3.99. The summed E-state index contributed by atoms with van der Waals surface area (Å²) < 4.78 is 25.9. The van der Waals surface area contributed by atoms with Crippen molar-refractivity contribution in [2.24, 2.45) is 5.73 Å². The first kappa shape index (κ1) is 15.0. The molecule has 1 rings (SSSR count). The molecule has 0 atom stereocenters. The summed E-state index contributed by atoms with van der Waals surface area (Å²) in [6.45, 7) is 4.79. The molecule has 0 amide bonds. The average Bonchev–Trinajstić information content (AvgIpc) is 2.31. The molecule has 2 N–H and O–H groups in total. The number of nitrogens with two attached hydrogens (primary N) is 1. The molecular weight excluding hydrogens is 248 g/mol. The maximum atomic E-state index is 12.2. The molecule has 18 heavy (non-hydrogen) atoms. The Morgan fingerprint density at radius 3 is 2.33 bits per heavy atom. The molecule has 0 spiro atoms. The Morgan fingerprint density at radius 2 is 1.83 bits per heavy atom. The zero-order valence-corrected chi connectivity index (χ0v) is 11.9. The van der Waals surface area contributed by atoms with Gasteiger partial charge in [-0.15, -0.1) is 0 Å². The Hall–Kier alpha value is -1.07. The van der Waals surface area contributed by atoms with Gasteiger partial charge >= 0.3 is 0 Å². The molecule has 0 radical (unpaired) electrons. The normalized spacial score (nSPS) is 11.5. The van der Waals surface area contributed by atoms with E-state index in [0.29, 0.717) is 25.9 Å². The first-order valence-corrected chi connectivity index (χ1v) is 7.89. The van der Waals surface area contributed by atoms with Crippen molar-refractivity contribution >= 4 is 15.7 Å². The minimum absolute atomic E-state index is 0.172. The lowest BCUT2D eigenvalue weighted by atomic mass is 10.2. The molecule has 0 saturated carbocycles. The highest BCUT2D eigenvalue weighted by Crippen LogP contribution is 2.19. The van der Waals surface area contributed by atoms with Crippen molar-refractivity contribution < 1.29 is 8.42 Å². The summed E-state index contributed by atoms with van der Waals surface area (Å²) in [6.07, 6.45) is 1.28. The minimum atomic E-state index is -3.23. The van der Waals surface area contributed by atoms with Gasteiger partial charge in [-0.3, -0.25) is 4.31 Å². The van der Waals surface area contributed by atoms with Gasteiger partial charge in [0, 0.05) is 6.54 Å². The van der Waals surface area contributed by atoms with Crippen molar-refractivity contribution in [3.05, 3.63) is 29.8 Å². The number of hydrogen-bond acceptors (Lipinski definition) is 3. The number of benzene rings is 1. The van der Waals surface area contributed by atoms with Crippen molar-refractivity contribution in [3.8, 4) is 0 Å². The molecule has 0 saturated heterocycles. The van der Waals surface area contributed by atoms with E-state index in [2.05, 4.69) is 0 Å². The maximum absolute atomic E-state index is 12.2. The topological polar surface area (TPSA) is 63.4 Å². The van der Waals surface area contributed by atoms with Gasteiger partial charge in [-0.25, -0.2) is 8.42 Å². The van der Waals surface area contributed by atoms with Crippen LogP contribution in [0.5, 0.6) is 0 Å². The number of hydrogen-bond donors (Lipinski definition) is 1. The number of rotatable bonds is 7. The zero-order chi connectivity index (χ0) is 13.6. The van der Waals surface area contributed by atoms with Crippen LogP contribution in [0.3, 0.4) is 0 Å². The summed E-state index contributed by atoms with van der Waals surface area (Å²) >= 11 is 0. The van der Waals surface area contributed by atoms with Gasteiger partial charge in [0.1, 0.15) is 0 Å². The van der Waals surface area contributed by atoms with Crippen LogP contribution in [0.25, 0.3) is 0 Å². The second kappa shape index (κ2) is 6.75.